The van der Waals surface area contributed by atoms with Gasteiger partial charge in [-0.25, -0.2) is 13.2 Å². The average molecular weight is 577 g/mol. The largest absolute Gasteiger partial charge is 0.465 e. The molecule has 0 spiro atoms. The normalized spacial score (nSPS) is 14.7. The summed E-state index contributed by atoms with van der Waals surface area (Å²) in [6.45, 7) is 8.84. The monoisotopic (exact) mass is 576 g/mol. The Kier molecular flexibility index (Phi) is 11.2. The van der Waals surface area contributed by atoms with Crippen molar-refractivity contribution in [2.45, 2.75) is 64.1 Å². The molecular weight excluding hydrogens is 536 g/mol. The van der Waals surface area contributed by atoms with Crippen LogP contribution in [0, 0.1) is 11.3 Å². The van der Waals surface area contributed by atoms with Crippen molar-refractivity contribution in [1.29, 1.82) is 0 Å². The summed E-state index contributed by atoms with van der Waals surface area (Å²) in [6, 6.07) is 13.6. The number of oxime groups is 1. The molecule has 1 unspecified atom stereocenters. The van der Waals surface area contributed by atoms with Crippen LogP contribution >= 0.6 is 0 Å². The van der Waals surface area contributed by atoms with E-state index in [1.807, 2.05) is 19.9 Å². The van der Waals surface area contributed by atoms with Gasteiger partial charge in [-0.1, -0.05) is 82.2 Å². The molecule has 0 radical (unpaired) electrons. The fourth-order valence-electron chi connectivity index (χ4n) is 4.20. The van der Waals surface area contributed by atoms with E-state index in [9.17, 15) is 28.2 Å². The molecule has 2 atom stereocenters. The van der Waals surface area contributed by atoms with Gasteiger partial charge >= 0.3 is 6.09 Å². The third kappa shape index (κ3) is 9.61. The van der Waals surface area contributed by atoms with Crippen LogP contribution in [0.15, 0.2) is 64.6 Å². The molecule has 0 aliphatic carbocycles. The van der Waals surface area contributed by atoms with Gasteiger partial charge in [-0.05, 0) is 34.6 Å². The van der Waals surface area contributed by atoms with Gasteiger partial charge in [0.1, 0.15) is 11.8 Å². The number of sulfonamides is 1. The number of carbonyl (C=O) groups is 2. The highest BCUT2D eigenvalue weighted by molar-refractivity contribution is 7.89. The van der Waals surface area contributed by atoms with E-state index in [1.165, 1.54) is 34.8 Å². The number of carbonyl (C=O) groups excluding carboxylic acids is 1. The van der Waals surface area contributed by atoms with Gasteiger partial charge in [-0.3, -0.25) is 4.79 Å². The number of aliphatic hydroxyl groups is 1. The highest BCUT2D eigenvalue weighted by Crippen LogP contribution is 2.24. The number of nitrogens with zero attached hydrogens (tertiary/aromatic N) is 2. The van der Waals surface area contributed by atoms with Crippen molar-refractivity contribution in [1.82, 2.24) is 14.9 Å². The quantitative estimate of drug-likeness (QED) is 0.105. The minimum absolute atomic E-state index is 0.0253. The number of hydrogen-bond donors (Lipinski definition) is 5. The summed E-state index contributed by atoms with van der Waals surface area (Å²) in [5.74, 6) is -0.773. The van der Waals surface area contributed by atoms with Crippen LogP contribution in [0.2, 0.25) is 0 Å². The number of benzene rings is 2. The van der Waals surface area contributed by atoms with Crippen molar-refractivity contribution >= 4 is 28.2 Å². The molecule has 0 fully saturated rings. The zero-order valence-electron chi connectivity index (χ0n) is 23.5. The van der Waals surface area contributed by atoms with Crippen molar-refractivity contribution in [3.63, 3.8) is 0 Å². The molecule has 0 aromatic heterocycles. The van der Waals surface area contributed by atoms with Crippen LogP contribution in [0.1, 0.15) is 52.2 Å². The standard InChI is InChI=1S/C28H40N4O7S/c1-20(2)19-32(40(38,39)23-13-11-22(12-14-23)18-29-37)16-15-28(36,17-21-9-7-6-8-10-21)31-25(33)24(27(3,4)5)30-26(34)35/h6-14,18,20,24,30,36-37H,15-17,19H2,1-5H3,(H,31,33)(H,34,35)/b29-18+/t24-,28?/m1/s1. The molecule has 0 aliphatic heterocycles. The molecule has 2 aromatic carbocycles. The third-order valence-corrected chi connectivity index (χ3v) is 8.04. The Morgan fingerprint density at radius 1 is 1.05 bits per heavy atom. The van der Waals surface area contributed by atoms with Crippen LogP contribution < -0.4 is 10.6 Å². The first-order valence-corrected chi connectivity index (χ1v) is 14.4. The average Bonchev–Trinajstić information content (AvgIpc) is 2.85. The fourth-order valence-corrected chi connectivity index (χ4v) is 5.80. The van der Waals surface area contributed by atoms with Gasteiger partial charge in [-0.15, -0.1) is 0 Å². The Bertz CT molecular complexity index is 1260. The zero-order chi connectivity index (χ0) is 30.1. The summed E-state index contributed by atoms with van der Waals surface area (Å²) in [5.41, 5.74) is -1.49. The number of rotatable bonds is 13. The Morgan fingerprint density at radius 3 is 2.15 bits per heavy atom. The van der Waals surface area contributed by atoms with Gasteiger partial charge in [0.05, 0.1) is 11.1 Å². The van der Waals surface area contributed by atoms with Gasteiger partial charge < -0.3 is 26.1 Å². The van der Waals surface area contributed by atoms with E-state index in [2.05, 4.69) is 15.8 Å². The molecule has 2 rings (SSSR count). The Morgan fingerprint density at radius 2 is 1.65 bits per heavy atom. The maximum atomic E-state index is 13.6. The second-order valence-electron chi connectivity index (χ2n) is 11.3. The summed E-state index contributed by atoms with van der Waals surface area (Å²) in [6.07, 6.45) is -0.404. The molecule has 11 nitrogen and oxygen atoms in total. The molecule has 220 valence electrons. The Hall–Kier alpha value is -3.48. The van der Waals surface area contributed by atoms with Crippen molar-refractivity contribution in [3.05, 3.63) is 65.7 Å². The van der Waals surface area contributed by atoms with Gasteiger partial charge in [0.25, 0.3) is 0 Å². The first-order valence-electron chi connectivity index (χ1n) is 12.9. The van der Waals surface area contributed by atoms with Crippen LogP contribution in [0.25, 0.3) is 0 Å². The van der Waals surface area contributed by atoms with Gasteiger partial charge in [0, 0.05) is 25.9 Å². The molecular formula is C28H40N4O7S. The number of hydrogen-bond acceptors (Lipinski definition) is 7. The van der Waals surface area contributed by atoms with Crippen molar-refractivity contribution in [2.75, 3.05) is 13.1 Å². The fraction of sp³-hybridized carbons (Fsp3) is 0.464. The van der Waals surface area contributed by atoms with Gasteiger partial charge in [0.15, 0.2) is 0 Å². The number of carboxylic acid groups (broad SMARTS) is 1. The van der Waals surface area contributed by atoms with Crippen LogP contribution in [-0.2, 0) is 21.2 Å². The van der Waals surface area contributed by atoms with Crippen molar-refractivity contribution in [3.8, 4) is 0 Å². The second kappa shape index (κ2) is 13.7. The van der Waals surface area contributed by atoms with E-state index < -0.39 is 39.2 Å². The Balaban J connectivity index is 2.40. The van der Waals surface area contributed by atoms with E-state index >= 15 is 0 Å². The molecule has 0 aliphatic rings. The topological polar surface area (TPSA) is 169 Å². The van der Waals surface area contributed by atoms with Gasteiger partial charge in [-0.2, -0.15) is 4.31 Å². The minimum Gasteiger partial charge on any atom is -0.465 e. The summed E-state index contributed by atoms with van der Waals surface area (Å²) in [5, 5.41) is 37.5. The summed E-state index contributed by atoms with van der Waals surface area (Å²) in [4.78, 5) is 24.7. The molecule has 2 amide bonds. The molecule has 0 heterocycles. The van der Waals surface area contributed by atoms with Crippen LogP contribution in [0.5, 0.6) is 0 Å². The highest BCUT2D eigenvalue weighted by Gasteiger charge is 2.39. The maximum absolute atomic E-state index is 13.6. The minimum atomic E-state index is -3.99. The number of amides is 2. The van der Waals surface area contributed by atoms with E-state index in [0.29, 0.717) is 11.1 Å². The first kappa shape index (κ1) is 32.7. The summed E-state index contributed by atoms with van der Waals surface area (Å²) >= 11 is 0. The predicted molar refractivity (Wildman–Crippen MR) is 152 cm³/mol. The molecule has 0 saturated heterocycles. The lowest BCUT2D eigenvalue weighted by molar-refractivity contribution is -0.133. The lowest BCUT2D eigenvalue weighted by Gasteiger charge is -2.36. The van der Waals surface area contributed by atoms with Crippen LogP contribution in [0.4, 0.5) is 4.79 Å². The van der Waals surface area contributed by atoms with Crippen LogP contribution in [0.3, 0.4) is 0 Å². The SMILES string of the molecule is CC(C)CN(CCC(O)(Cc1ccccc1)NC(=O)[C@@H](NC(=O)O)C(C)(C)C)S(=O)(=O)c1ccc(/C=N/O)cc1. The first-order chi connectivity index (χ1) is 18.6. The highest BCUT2D eigenvalue weighted by atomic mass is 32.2. The van der Waals surface area contributed by atoms with E-state index in [-0.39, 0.29) is 36.7 Å². The van der Waals surface area contributed by atoms with E-state index in [0.717, 1.165) is 0 Å². The maximum Gasteiger partial charge on any atom is 0.405 e. The van der Waals surface area contributed by atoms with Crippen LogP contribution in [-0.4, -0.2) is 71.2 Å². The van der Waals surface area contributed by atoms with Gasteiger partial charge in [0.2, 0.25) is 15.9 Å². The second-order valence-corrected chi connectivity index (χ2v) is 13.2. The molecule has 2 aromatic rings. The molecule has 5 N–H and O–H groups in total. The third-order valence-electron chi connectivity index (χ3n) is 6.16. The lowest BCUT2D eigenvalue weighted by atomic mass is 9.85. The number of nitrogens with one attached hydrogen (secondary N) is 2. The predicted octanol–water partition coefficient (Wildman–Crippen LogP) is 3.26. The summed E-state index contributed by atoms with van der Waals surface area (Å²) < 4.78 is 28.4. The van der Waals surface area contributed by atoms with E-state index in [4.69, 9.17) is 5.21 Å². The molecule has 0 bridgehead atoms. The smallest absolute Gasteiger partial charge is 0.405 e. The Labute approximate surface area is 236 Å². The molecule has 12 heteroatoms. The molecule has 40 heavy (non-hydrogen) atoms. The lowest BCUT2D eigenvalue weighted by Crippen LogP contribution is -2.60. The molecule has 0 saturated carbocycles. The van der Waals surface area contributed by atoms with E-state index in [1.54, 1.807) is 45.0 Å². The van der Waals surface area contributed by atoms with Crippen molar-refractivity contribution in [2.24, 2.45) is 16.5 Å². The summed E-state index contributed by atoms with van der Waals surface area (Å²) in [7, 11) is -3.99. The zero-order valence-corrected chi connectivity index (χ0v) is 24.4. The van der Waals surface area contributed by atoms with Crippen molar-refractivity contribution < 1.29 is 33.4 Å².